The zero-order chi connectivity index (χ0) is 14.3. The summed E-state index contributed by atoms with van der Waals surface area (Å²) in [6.07, 6.45) is 0.687. The minimum atomic E-state index is -0.403. The quantitative estimate of drug-likeness (QED) is 0.580. The first-order valence-electron chi connectivity index (χ1n) is 6.56. The van der Waals surface area contributed by atoms with Gasteiger partial charge in [0.05, 0.1) is 12.2 Å². The second kappa shape index (κ2) is 7.63. The standard InChI is InChI=1S/C14H22N2O3/c1-3-16(8-5-9-17)11-6-7-13(15)12(10-11)14(18)19-4-2/h6-7,10,17H,3-5,8-9,15H2,1-2H3. The summed E-state index contributed by atoms with van der Waals surface area (Å²) < 4.78 is 4.98. The van der Waals surface area contributed by atoms with Crippen molar-refractivity contribution in [1.82, 2.24) is 0 Å². The van der Waals surface area contributed by atoms with Crippen molar-refractivity contribution in [2.75, 3.05) is 36.9 Å². The Balaban J connectivity index is 2.96. The van der Waals surface area contributed by atoms with Crippen molar-refractivity contribution in [1.29, 1.82) is 0 Å². The summed E-state index contributed by atoms with van der Waals surface area (Å²) in [5.41, 5.74) is 7.52. The maximum atomic E-state index is 11.8. The van der Waals surface area contributed by atoms with Gasteiger partial charge < -0.3 is 20.5 Å². The predicted octanol–water partition coefficient (Wildman–Crippen LogP) is 1.65. The molecule has 0 bridgehead atoms. The maximum Gasteiger partial charge on any atom is 0.340 e. The van der Waals surface area contributed by atoms with Crippen molar-refractivity contribution in [3.8, 4) is 0 Å². The van der Waals surface area contributed by atoms with Gasteiger partial charge in [0.2, 0.25) is 0 Å². The van der Waals surface area contributed by atoms with E-state index in [1.165, 1.54) is 0 Å². The Morgan fingerprint density at radius 3 is 2.74 bits per heavy atom. The van der Waals surface area contributed by atoms with E-state index in [1.54, 1.807) is 19.1 Å². The largest absolute Gasteiger partial charge is 0.462 e. The van der Waals surface area contributed by atoms with Crippen LogP contribution >= 0.6 is 0 Å². The van der Waals surface area contributed by atoms with Crippen LogP contribution in [0.3, 0.4) is 0 Å². The van der Waals surface area contributed by atoms with Crippen LogP contribution in [0, 0.1) is 0 Å². The van der Waals surface area contributed by atoms with Gasteiger partial charge >= 0.3 is 5.97 Å². The molecule has 0 fully saturated rings. The van der Waals surface area contributed by atoms with Crippen LogP contribution in [0.2, 0.25) is 0 Å². The number of nitrogens with zero attached hydrogens (tertiary/aromatic N) is 1. The Bertz CT molecular complexity index is 421. The molecule has 3 N–H and O–H groups in total. The fourth-order valence-electron chi connectivity index (χ4n) is 1.86. The molecule has 0 heterocycles. The van der Waals surface area contributed by atoms with Crippen molar-refractivity contribution in [2.45, 2.75) is 20.3 Å². The number of nitrogens with two attached hydrogens (primary N) is 1. The number of nitrogen functional groups attached to an aromatic ring is 1. The third-order valence-electron chi connectivity index (χ3n) is 2.87. The van der Waals surface area contributed by atoms with E-state index in [4.69, 9.17) is 15.6 Å². The van der Waals surface area contributed by atoms with E-state index in [2.05, 4.69) is 4.90 Å². The molecule has 0 spiro atoms. The van der Waals surface area contributed by atoms with Gasteiger partial charge in [-0.15, -0.1) is 0 Å². The summed E-state index contributed by atoms with van der Waals surface area (Å²) in [6, 6.07) is 5.33. The molecule has 0 atom stereocenters. The Labute approximate surface area is 114 Å². The van der Waals surface area contributed by atoms with Gasteiger partial charge in [-0.1, -0.05) is 0 Å². The molecule has 106 valence electrons. The van der Waals surface area contributed by atoms with Crippen LogP contribution in [-0.4, -0.2) is 37.4 Å². The second-order valence-electron chi connectivity index (χ2n) is 4.15. The molecule has 0 aliphatic heterocycles. The molecule has 5 nitrogen and oxygen atoms in total. The Kier molecular flexibility index (Phi) is 6.15. The van der Waals surface area contributed by atoms with Crippen molar-refractivity contribution >= 4 is 17.3 Å². The van der Waals surface area contributed by atoms with Crippen LogP contribution in [0.5, 0.6) is 0 Å². The van der Waals surface area contributed by atoms with Gasteiger partial charge in [0.1, 0.15) is 0 Å². The van der Waals surface area contributed by atoms with Crippen LogP contribution in [-0.2, 0) is 4.74 Å². The lowest BCUT2D eigenvalue weighted by Gasteiger charge is -2.23. The summed E-state index contributed by atoms with van der Waals surface area (Å²) in [5.74, 6) is -0.403. The molecule has 1 rings (SSSR count). The molecule has 0 unspecified atom stereocenters. The number of carbonyl (C=O) groups excluding carboxylic acids is 1. The Hall–Kier alpha value is -1.75. The van der Waals surface area contributed by atoms with Crippen molar-refractivity contribution in [3.05, 3.63) is 23.8 Å². The first-order valence-corrected chi connectivity index (χ1v) is 6.56. The van der Waals surface area contributed by atoms with E-state index in [9.17, 15) is 4.79 Å². The fraction of sp³-hybridized carbons (Fsp3) is 0.500. The van der Waals surface area contributed by atoms with Gasteiger partial charge in [-0.05, 0) is 38.5 Å². The lowest BCUT2D eigenvalue weighted by atomic mass is 10.1. The van der Waals surface area contributed by atoms with Gasteiger partial charge in [0, 0.05) is 31.1 Å². The second-order valence-corrected chi connectivity index (χ2v) is 4.15. The number of anilines is 2. The summed E-state index contributed by atoms with van der Waals surface area (Å²) in [4.78, 5) is 13.9. The first-order chi connectivity index (χ1) is 9.13. The van der Waals surface area contributed by atoms with Crippen LogP contribution in [0.25, 0.3) is 0 Å². The highest BCUT2D eigenvalue weighted by Crippen LogP contribution is 2.22. The zero-order valence-electron chi connectivity index (χ0n) is 11.6. The van der Waals surface area contributed by atoms with Crippen LogP contribution in [0.4, 0.5) is 11.4 Å². The van der Waals surface area contributed by atoms with Gasteiger partial charge in [0.15, 0.2) is 0 Å². The normalized spacial score (nSPS) is 10.3. The lowest BCUT2D eigenvalue weighted by Crippen LogP contribution is -2.25. The molecule has 1 aromatic rings. The summed E-state index contributed by atoms with van der Waals surface area (Å²) in [5, 5.41) is 8.89. The number of carbonyl (C=O) groups is 1. The number of aliphatic hydroxyl groups excluding tert-OH is 1. The number of benzene rings is 1. The first kappa shape index (κ1) is 15.3. The molecule has 5 heteroatoms. The number of hydrogen-bond acceptors (Lipinski definition) is 5. The van der Waals surface area contributed by atoms with Crippen molar-refractivity contribution in [2.24, 2.45) is 0 Å². The average molecular weight is 266 g/mol. The highest BCUT2D eigenvalue weighted by molar-refractivity contribution is 5.96. The number of rotatable bonds is 7. The van der Waals surface area contributed by atoms with E-state index in [-0.39, 0.29) is 6.61 Å². The van der Waals surface area contributed by atoms with Gasteiger partial charge in [-0.3, -0.25) is 0 Å². The maximum absolute atomic E-state index is 11.8. The molecular formula is C14H22N2O3. The molecular weight excluding hydrogens is 244 g/mol. The molecule has 0 aliphatic carbocycles. The Morgan fingerprint density at radius 2 is 2.16 bits per heavy atom. The molecule has 0 aromatic heterocycles. The highest BCUT2D eigenvalue weighted by Gasteiger charge is 2.13. The topological polar surface area (TPSA) is 75.8 Å². The highest BCUT2D eigenvalue weighted by atomic mass is 16.5. The number of aliphatic hydroxyl groups is 1. The number of ether oxygens (including phenoxy) is 1. The van der Waals surface area contributed by atoms with E-state index < -0.39 is 5.97 Å². The predicted molar refractivity (Wildman–Crippen MR) is 76.4 cm³/mol. The van der Waals surface area contributed by atoms with Crippen LogP contribution in [0.15, 0.2) is 18.2 Å². The van der Waals surface area contributed by atoms with Gasteiger partial charge in [-0.25, -0.2) is 4.79 Å². The zero-order valence-corrected chi connectivity index (χ0v) is 11.6. The SMILES string of the molecule is CCOC(=O)c1cc(N(CC)CCCO)ccc1N. The van der Waals surface area contributed by atoms with Gasteiger partial charge in [0.25, 0.3) is 0 Å². The van der Waals surface area contributed by atoms with E-state index in [0.29, 0.717) is 24.3 Å². The third kappa shape index (κ3) is 4.13. The third-order valence-corrected chi connectivity index (χ3v) is 2.87. The summed E-state index contributed by atoms with van der Waals surface area (Å²) in [7, 11) is 0. The monoisotopic (exact) mass is 266 g/mol. The van der Waals surface area contributed by atoms with Crippen molar-refractivity contribution in [3.63, 3.8) is 0 Å². The number of hydrogen-bond donors (Lipinski definition) is 2. The average Bonchev–Trinajstić information content (AvgIpc) is 2.41. The minimum Gasteiger partial charge on any atom is -0.462 e. The van der Waals surface area contributed by atoms with Crippen molar-refractivity contribution < 1.29 is 14.6 Å². The fourth-order valence-corrected chi connectivity index (χ4v) is 1.86. The van der Waals surface area contributed by atoms with E-state index >= 15 is 0 Å². The molecule has 0 saturated carbocycles. The van der Waals surface area contributed by atoms with Gasteiger partial charge in [-0.2, -0.15) is 0 Å². The van der Waals surface area contributed by atoms with Crippen LogP contribution in [0.1, 0.15) is 30.6 Å². The molecule has 0 amide bonds. The van der Waals surface area contributed by atoms with Crippen LogP contribution < -0.4 is 10.6 Å². The molecule has 0 saturated heterocycles. The molecule has 1 aromatic carbocycles. The smallest absolute Gasteiger partial charge is 0.340 e. The summed E-state index contributed by atoms with van der Waals surface area (Å²) in [6.45, 7) is 5.79. The molecule has 0 aliphatic rings. The minimum absolute atomic E-state index is 0.149. The Morgan fingerprint density at radius 1 is 1.42 bits per heavy atom. The summed E-state index contributed by atoms with van der Waals surface area (Å²) >= 11 is 0. The van der Waals surface area contributed by atoms with E-state index in [0.717, 1.165) is 18.8 Å². The molecule has 19 heavy (non-hydrogen) atoms. The van der Waals surface area contributed by atoms with E-state index in [1.807, 2.05) is 13.0 Å². The lowest BCUT2D eigenvalue weighted by molar-refractivity contribution is 0.0527. The molecule has 0 radical (unpaired) electrons. The number of esters is 1.